The standard InChI is InChI=1S/C18H24N2O3/c21-16(10-20-14-1-2-19-15(6-14)17(22)23)18-7-11-3-12(8-18)5-13(4-11)9-18/h1-2,6,11-13,16,21H,3-5,7-10H2,(H,19,20)(H,22,23)/t11?,12?,13?,16-,18?/m0/s1. The molecule has 4 fully saturated rings. The highest BCUT2D eigenvalue weighted by molar-refractivity contribution is 5.86. The van der Waals surface area contributed by atoms with Crippen molar-refractivity contribution in [2.24, 2.45) is 23.2 Å². The number of hydrogen-bond acceptors (Lipinski definition) is 4. The van der Waals surface area contributed by atoms with Gasteiger partial charge in [-0.3, -0.25) is 0 Å². The third kappa shape index (κ3) is 2.71. The van der Waals surface area contributed by atoms with Crippen molar-refractivity contribution in [2.45, 2.75) is 44.6 Å². The van der Waals surface area contributed by atoms with E-state index >= 15 is 0 Å². The molecule has 1 atom stereocenters. The quantitative estimate of drug-likeness (QED) is 0.778. The normalized spacial score (nSPS) is 36.0. The molecule has 0 unspecified atom stereocenters. The van der Waals surface area contributed by atoms with Crippen LogP contribution >= 0.6 is 0 Å². The Balaban J connectivity index is 1.43. The molecule has 1 aromatic heterocycles. The number of aromatic carboxylic acids is 1. The van der Waals surface area contributed by atoms with Gasteiger partial charge in [0.05, 0.1) is 6.10 Å². The second-order valence-electron chi connectivity index (χ2n) is 7.91. The van der Waals surface area contributed by atoms with Crippen LogP contribution in [0.2, 0.25) is 0 Å². The summed E-state index contributed by atoms with van der Waals surface area (Å²) in [5.41, 5.74) is 0.824. The van der Waals surface area contributed by atoms with Crippen LogP contribution < -0.4 is 5.32 Å². The Hall–Kier alpha value is -1.62. The molecule has 4 saturated carbocycles. The first-order chi connectivity index (χ1) is 11.0. The molecule has 0 saturated heterocycles. The molecule has 0 amide bonds. The van der Waals surface area contributed by atoms with Crippen LogP contribution in [0.25, 0.3) is 0 Å². The number of nitrogens with zero attached hydrogens (tertiary/aromatic N) is 1. The van der Waals surface area contributed by atoms with E-state index in [2.05, 4.69) is 10.3 Å². The van der Waals surface area contributed by atoms with Gasteiger partial charge < -0.3 is 15.5 Å². The predicted molar refractivity (Wildman–Crippen MR) is 86.3 cm³/mol. The molecule has 0 spiro atoms. The Labute approximate surface area is 136 Å². The summed E-state index contributed by atoms with van der Waals surface area (Å²) in [5.74, 6) is 1.41. The number of carbonyl (C=O) groups is 1. The highest BCUT2D eigenvalue weighted by Gasteiger charge is 2.53. The SMILES string of the molecule is O=C(O)c1cc(NC[C@H](O)C23CC4CC(CC(C4)C2)C3)ccn1. The Morgan fingerprint density at radius 3 is 2.43 bits per heavy atom. The molecule has 5 heteroatoms. The summed E-state index contributed by atoms with van der Waals surface area (Å²) in [4.78, 5) is 14.8. The van der Waals surface area contributed by atoms with Gasteiger partial charge >= 0.3 is 5.97 Å². The van der Waals surface area contributed by atoms with Crippen molar-refractivity contribution < 1.29 is 15.0 Å². The van der Waals surface area contributed by atoms with Crippen LogP contribution in [0, 0.1) is 23.2 Å². The van der Waals surface area contributed by atoms with Crippen molar-refractivity contribution in [2.75, 3.05) is 11.9 Å². The van der Waals surface area contributed by atoms with E-state index in [0.717, 1.165) is 17.8 Å². The Morgan fingerprint density at radius 2 is 1.87 bits per heavy atom. The van der Waals surface area contributed by atoms with Crippen LogP contribution in [-0.4, -0.2) is 33.8 Å². The summed E-state index contributed by atoms with van der Waals surface area (Å²) in [5, 5.41) is 23.1. The van der Waals surface area contributed by atoms with Crippen molar-refractivity contribution in [1.82, 2.24) is 4.98 Å². The van der Waals surface area contributed by atoms with Crippen LogP contribution in [0.3, 0.4) is 0 Å². The van der Waals surface area contributed by atoms with E-state index in [9.17, 15) is 9.90 Å². The second-order valence-corrected chi connectivity index (χ2v) is 7.91. The van der Waals surface area contributed by atoms with E-state index in [0.29, 0.717) is 12.2 Å². The van der Waals surface area contributed by atoms with Gasteiger partial charge in [0.15, 0.2) is 0 Å². The first kappa shape index (κ1) is 14.9. The number of hydrogen-bond donors (Lipinski definition) is 3. The average molecular weight is 316 g/mol. The first-order valence-corrected chi connectivity index (χ1v) is 8.65. The lowest BCUT2D eigenvalue weighted by atomic mass is 9.48. The van der Waals surface area contributed by atoms with Gasteiger partial charge in [0, 0.05) is 18.4 Å². The number of carboxylic acids is 1. The number of carboxylic acid groups (broad SMARTS) is 1. The first-order valence-electron chi connectivity index (χ1n) is 8.65. The molecule has 4 bridgehead atoms. The van der Waals surface area contributed by atoms with Gasteiger partial charge in [-0.05, 0) is 73.8 Å². The molecule has 0 aromatic carbocycles. The van der Waals surface area contributed by atoms with Crippen molar-refractivity contribution in [3.05, 3.63) is 24.0 Å². The highest BCUT2D eigenvalue weighted by atomic mass is 16.4. The van der Waals surface area contributed by atoms with E-state index in [-0.39, 0.29) is 17.2 Å². The van der Waals surface area contributed by atoms with Crippen molar-refractivity contribution >= 4 is 11.7 Å². The lowest BCUT2D eigenvalue weighted by molar-refractivity contribution is -0.115. The molecule has 3 N–H and O–H groups in total. The van der Waals surface area contributed by atoms with E-state index in [4.69, 9.17) is 5.11 Å². The van der Waals surface area contributed by atoms with E-state index in [1.165, 1.54) is 50.8 Å². The van der Waals surface area contributed by atoms with Gasteiger partial charge in [-0.25, -0.2) is 9.78 Å². The van der Waals surface area contributed by atoms with Gasteiger partial charge in [0.1, 0.15) is 5.69 Å². The van der Waals surface area contributed by atoms with E-state index < -0.39 is 5.97 Å². The van der Waals surface area contributed by atoms with Gasteiger partial charge in [-0.2, -0.15) is 0 Å². The molecule has 1 heterocycles. The van der Waals surface area contributed by atoms with Crippen molar-refractivity contribution in [3.8, 4) is 0 Å². The molecule has 1 aromatic rings. The lowest BCUT2D eigenvalue weighted by Crippen LogP contribution is -2.53. The third-order valence-electron chi connectivity index (χ3n) is 6.27. The maximum Gasteiger partial charge on any atom is 0.354 e. The number of rotatable bonds is 5. The number of aromatic nitrogens is 1. The summed E-state index contributed by atoms with van der Waals surface area (Å²) < 4.78 is 0. The minimum atomic E-state index is -1.03. The molecule has 4 aliphatic rings. The van der Waals surface area contributed by atoms with Crippen LogP contribution in [-0.2, 0) is 0 Å². The van der Waals surface area contributed by atoms with Gasteiger partial charge in [-0.15, -0.1) is 0 Å². The molecule has 4 aliphatic carbocycles. The van der Waals surface area contributed by atoms with E-state index in [1.54, 1.807) is 6.07 Å². The molecule has 5 rings (SSSR count). The molecule has 23 heavy (non-hydrogen) atoms. The van der Waals surface area contributed by atoms with Crippen LogP contribution in [0.5, 0.6) is 0 Å². The van der Waals surface area contributed by atoms with Gasteiger partial charge in [0.25, 0.3) is 0 Å². The summed E-state index contributed by atoms with van der Waals surface area (Å²) in [6, 6.07) is 3.27. The molecule has 0 aliphatic heterocycles. The monoisotopic (exact) mass is 316 g/mol. The van der Waals surface area contributed by atoms with Crippen LogP contribution in [0.4, 0.5) is 5.69 Å². The number of pyridine rings is 1. The Bertz CT molecular complexity index is 581. The van der Waals surface area contributed by atoms with E-state index in [1.807, 2.05) is 0 Å². The van der Waals surface area contributed by atoms with Gasteiger partial charge in [-0.1, -0.05) is 0 Å². The fourth-order valence-electron chi connectivity index (χ4n) is 5.67. The van der Waals surface area contributed by atoms with Crippen molar-refractivity contribution in [3.63, 3.8) is 0 Å². The fraction of sp³-hybridized carbons (Fsp3) is 0.667. The third-order valence-corrected chi connectivity index (χ3v) is 6.27. The molecule has 0 radical (unpaired) electrons. The van der Waals surface area contributed by atoms with Crippen LogP contribution in [0.1, 0.15) is 49.0 Å². The largest absolute Gasteiger partial charge is 0.477 e. The predicted octanol–water partition coefficient (Wildman–Crippen LogP) is 2.77. The van der Waals surface area contributed by atoms with Crippen LogP contribution in [0.15, 0.2) is 18.3 Å². The Morgan fingerprint density at radius 1 is 1.26 bits per heavy atom. The highest BCUT2D eigenvalue weighted by Crippen LogP contribution is 2.61. The molecule has 124 valence electrons. The topological polar surface area (TPSA) is 82.5 Å². The summed E-state index contributed by atoms with van der Waals surface area (Å²) in [7, 11) is 0. The summed E-state index contributed by atoms with van der Waals surface area (Å²) in [6.45, 7) is 0.481. The molecular weight excluding hydrogens is 292 g/mol. The summed E-state index contributed by atoms with van der Waals surface area (Å²) >= 11 is 0. The number of aliphatic hydroxyl groups excluding tert-OH is 1. The Kier molecular flexibility index (Phi) is 3.56. The minimum absolute atomic E-state index is 0.0271. The lowest BCUT2D eigenvalue weighted by Gasteiger charge is -2.58. The maximum atomic E-state index is 11.0. The zero-order chi connectivity index (χ0) is 16.0. The minimum Gasteiger partial charge on any atom is -0.477 e. The maximum absolute atomic E-state index is 11.0. The molecule has 5 nitrogen and oxygen atoms in total. The van der Waals surface area contributed by atoms with Gasteiger partial charge in [0.2, 0.25) is 0 Å². The zero-order valence-corrected chi connectivity index (χ0v) is 13.2. The molecular formula is C18H24N2O3. The van der Waals surface area contributed by atoms with Crippen molar-refractivity contribution in [1.29, 1.82) is 0 Å². The summed E-state index contributed by atoms with van der Waals surface area (Å²) in [6.07, 6.45) is 8.72. The zero-order valence-electron chi connectivity index (χ0n) is 13.2. The number of nitrogens with one attached hydrogen (secondary N) is 1. The average Bonchev–Trinajstić information content (AvgIpc) is 2.51. The fourth-order valence-corrected chi connectivity index (χ4v) is 5.67. The number of anilines is 1. The number of aliphatic hydroxyl groups is 1. The smallest absolute Gasteiger partial charge is 0.354 e. The second kappa shape index (κ2) is 5.48.